The molecule has 38 heavy (non-hydrogen) atoms. The van der Waals surface area contributed by atoms with Gasteiger partial charge < -0.3 is 14.4 Å². The molecule has 1 atom stereocenters. The van der Waals surface area contributed by atoms with Crippen LogP contribution in [0.1, 0.15) is 29.4 Å². The second-order valence-electron chi connectivity index (χ2n) is 9.73. The minimum absolute atomic E-state index is 0.0603. The number of hydrogen-bond acceptors (Lipinski definition) is 4. The Morgan fingerprint density at radius 1 is 1.03 bits per heavy atom. The lowest BCUT2D eigenvalue weighted by atomic mass is 10.0. The Hall–Kier alpha value is -3.61. The Balaban J connectivity index is 1.33. The number of hydrogen-bond donors (Lipinski definition) is 1. The van der Waals surface area contributed by atoms with Gasteiger partial charge in [0.2, 0.25) is 0 Å². The number of thioether (sulfide) groups is 1. The van der Waals surface area contributed by atoms with Crippen molar-refractivity contribution in [2.24, 2.45) is 0 Å². The highest BCUT2D eigenvalue weighted by Crippen LogP contribution is 2.47. The maximum atomic E-state index is 13.9. The molecular formula is C32H29FN2O2S. The van der Waals surface area contributed by atoms with Crippen LogP contribution in [0.5, 0.6) is 5.75 Å². The SMILES string of the molecule is CC1Cc2c(OCc3ccc(-c4ccccc4)cn3)ccc3c2c(c(CCO)n3Cc2cccc(F)c2)S1. The van der Waals surface area contributed by atoms with Crippen LogP contribution < -0.4 is 4.74 Å². The molecule has 1 aliphatic rings. The molecular weight excluding hydrogens is 495 g/mol. The van der Waals surface area contributed by atoms with Gasteiger partial charge in [-0.3, -0.25) is 4.98 Å². The molecule has 0 saturated heterocycles. The van der Waals surface area contributed by atoms with Gasteiger partial charge in [0.15, 0.2) is 0 Å². The van der Waals surface area contributed by atoms with Crippen molar-refractivity contribution in [3.8, 4) is 16.9 Å². The molecule has 0 aliphatic carbocycles. The minimum Gasteiger partial charge on any atom is -0.487 e. The monoisotopic (exact) mass is 524 g/mol. The van der Waals surface area contributed by atoms with Crippen LogP contribution in [-0.2, 0) is 26.0 Å². The largest absolute Gasteiger partial charge is 0.487 e. The molecule has 6 heteroatoms. The van der Waals surface area contributed by atoms with Crippen molar-refractivity contribution in [3.63, 3.8) is 0 Å². The first-order valence-corrected chi connectivity index (χ1v) is 13.8. The third-order valence-electron chi connectivity index (χ3n) is 7.05. The summed E-state index contributed by atoms with van der Waals surface area (Å²) in [5.74, 6) is 0.635. The smallest absolute Gasteiger partial charge is 0.130 e. The molecule has 192 valence electrons. The number of rotatable bonds is 8. The van der Waals surface area contributed by atoms with E-state index < -0.39 is 0 Å². The molecule has 1 N–H and O–H groups in total. The predicted molar refractivity (Wildman–Crippen MR) is 151 cm³/mol. The van der Waals surface area contributed by atoms with Crippen LogP contribution in [0.2, 0.25) is 0 Å². The number of aliphatic hydroxyl groups is 1. The van der Waals surface area contributed by atoms with Crippen molar-refractivity contribution in [1.29, 1.82) is 0 Å². The molecule has 6 rings (SSSR count). The summed E-state index contributed by atoms with van der Waals surface area (Å²) in [5.41, 5.74) is 7.39. The first kappa shape index (κ1) is 24.7. The van der Waals surface area contributed by atoms with Gasteiger partial charge in [-0.1, -0.05) is 55.5 Å². The van der Waals surface area contributed by atoms with Crippen molar-refractivity contribution in [2.75, 3.05) is 6.61 Å². The van der Waals surface area contributed by atoms with Gasteiger partial charge in [0, 0.05) is 58.1 Å². The van der Waals surface area contributed by atoms with E-state index >= 15 is 0 Å². The van der Waals surface area contributed by atoms with Gasteiger partial charge >= 0.3 is 0 Å². The second kappa shape index (κ2) is 10.6. The van der Waals surface area contributed by atoms with Crippen LogP contribution in [0.3, 0.4) is 0 Å². The molecule has 2 aromatic heterocycles. The maximum absolute atomic E-state index is 13.9. The van der Waals surface area contributed by atoms with E-state index in [1.165, 1.54) is 21.9 Å². The number of benzene rings is 3. The Morgan fingerprint density at radius 2 is 1.89 bits per heavy atom. The lowest BCUT2D eigenvalue weighted by molar-refractivity contribution is 0.296. The number of halogens is 1. The molecule has 3 aromatic carbocycles. The van der Waals surface area contributed by atoms with E-state index in [-0.39, 0.29) is 12.4 Å². The van der Waals surface area contributed by atoms with Gasteiger partial charge in [-0.2, -0.15) is 0 Å². The fraction of sp³-hybridized carbons (Fsp3) is 0.219. The topological polar surface area (TPSA) is 47.3 Å². The molecule has 0 saturated carbocycles. The number of ether oxygens (including phenoxy) is 1. The summed E-state index contributed by atoms with van der Waals surface area (Å²) in [4.78, 5) is 5.84. The molecule has 0 fully saturated rings. The first-order chi connectivity index (χ1) is 18.6. The highest BCUT2D eigenvalue weighted by Gasteiger charge is 2.28. The van der Waals surface area contributed by atoms with Crippen molar-refractivity contribution < 1.29 is 14.2 Å². The Bertz CT molecular complexity index is 1580. The minimum atomic E-state index is -0.239. The molecule has 1 unspecified atom stereocenters. The van der Waals surface area contributed by atoms with Gasteiger partial charge in [-0.25, -0.2) is 4.39 Å². The molecule has 3 heterocycles. The first-order valence-electron chi connectivity index (χ1n) is 12.9. The Kier molecular flexibility index (Phi) is 6.92. The fourth-order valence-electron chi connectivity index (χ4n) is 5.32. The summed E-state index contributed by atoms with van der Waals surface area (Å²) in [6, 6.07) is 25.2. The average Bonchev–Trinajstić information content (AvgIpc) is 3.22. The zero-order valence-corrected chi connectivity index (χ0v) is 22.0. The van der Waals surface area contributed by atoms with Crippen molar-refractivity contribution >= 4 is 22.7 Å². The van der Waals surface area contributed by atoms with Gasteiger partial charge in [-0.15, -0.1) is 11.8 Å². The predicted octanol–water partition coefficient (Wildman–Crippen LogP) is 7.04. The standard InChI is InChI=1S/C32H29FN2O2S/c1-21-16-27-30(37-20-26-11-10-24(18-34-26)23-7-3-2-4-8-23)13-12-28-31(27)32(38-21)29(14-15-36)35(28)19-22-6-5-9-25(33)17-22/h2-13,17-18,21,36H,14-16,19-20H2,1H3. The van der Waals surface area contributed by atoms with Crippen molar-refractivity contribution in [2.45, 2.75) is 43.1 Å². The van der Waals surface area contributed by atoms with Crippen LogP contribution >= 0.6 is 11.8 Å². The van der Waals surface area contributed by atoms with E-state index in [4.69, 9.17) is 4.74 Å². The number of pyridine rings is 1. The van der Waals surface area contributed by atoms with E-state index in [1.54, 1.807) is 12.1 Å². The summed E-state index contributed by atoms with van der Waals surface area (Å²) < 4.78 is 22.5. The summed E-state index contributed by atoms with van der Waals surface area (Å²) in [5, 5.41) is 11.5. The summed E-state index contributed by atoms with van der Waals surface area (Å²) in [7, 11) is 0. The Morgan fingerprint density at radius 3 is 2.66 bits per heavy atom. The zero-order chi connectivity index (χ0) is 26.1. The quantitative estimate of drug-likeness (QED) is 0.236. The molecule has 0 spiro atoms. The van der Waals surface area contributed by atoms with Crippen LogP contribution in [0.15, 0.2) is 90.0 Å². The molecule has 5 aromatic rings. The molecule has 0 amide bonds. The molecule has 1 aliphatic heterocycles. The Labute approximate surface area is 226 Å². The lowest BCUT2D eigenvalue weighted by Crippen LogP contribution is -2.10. The summed E-state index contributed by atoms with van der Waals surface area (Å²) >= 11 is 1.85. The van der Waals surface area contributed by atoms with Gasteiger partial charge in [-0.05, 0) is 47.9 Å². The van der Waals surface area contributed by atoms with Crippen molar-refractivity contribution in [1.82, 2.24) is 9.55 Å². The van der Waals surface area contributed by atoms with E-state index in [1.807, 2.05) is 54.4 Å². The molecule has 0 radical (unpaired) electrons. The van der Waals surface area contributed by atoms with Gasteiger partial charge in [0.25, 0.3) is 0 Å². The summed E-state index contributed by atoms with van der Waals surface area (Å²) in [6.45, 7) is 3.23. The number of aromatic nitrogens is 2. The van der Waals surface area contributed by atoms with Gasteiger partial charge in [0.1, 0.15) is 18.2 Å². The molecule has 0 bridgehead atoms. The van der Waals surface area contributed by atoms with E-state index in [0.29, 0.717) is 24.8 Å². The average molecular weight is 525 g/mol. The van der Waals surface area contributed by atoms with E-state index in [2.05, 4.69) is 40.7 Å². The van der Waals surface area contributed by atoms with Gasteiger partial charge in [0.05, 0.1) is 11.2 Å². The second-order valence-corrected chi connectivity index (χ2v) is 11.2. The number of nitrogens with zero attached hydrogens (tertiary/aromatic N) is 2. The normalized spacial score (nSPS) is 14.7. The van der Waals surface area contributed by atoms with Crippen LogP contribution in [0.4, 0.5) is 4.39 Å². The maximum Gasteiger partial charge on any atom is 0.130 e. The highest BCUT2D eigenvalue weighted by atomic mass is 32.2. The van der Waals surface area contributed by atoms with E-state index in [9.17, 15) is 9.50 Å². The van der Waals surface area contributed by atoms with Crippen molar-refractivity contribution in [3.05, 3.63) is 113 Å². The molecule has 4 nitrogen and oxygen atoms in total. The lowest BCUT2D eigenvalue weighted by Gasteiger charge is -2.22. The van der Waals surface area contributed by atoms with E-state index in [0.717, 1.165) is 45.8 Å². The summed E-state index contributed by atoms with van der Waals surface area (Å²) in [6.07, 6.45) is 3.34. The van der Waals surface area contributed by atoms with Crippen LogP contribution in [-0.4, -0.2) is 26.5 Å². The fourth-order valence-corrected chi connectivity index (χ4v) is 6.66. The zero-order valence-electron chi connectivity index (χ0n) is 21.2. The third kappa shape index (κ3) is 4.82. The van der Waals surface area contributed by atoms with Crippen LogP contribution in [0.25, 0.3) is 22.0 Å². The third-order valence-corrected chi connectivity index (χ3v) is 8.29. The number of aliphatic hydroxyl groups excluding tert-OH is 1. The highest BCUT2D eigenvalue weighted by molar-refractivity contribution is 8.00. The van der Waals surface area contributed by atoms with Crippen LogP contribution in [0, 0.1) is 5.82 Å².